The van der Waals surface area contributed by atoms with E-state index in [1.807, 2.05) is 0 Å². The maximum absolute atomic E-state index is 11.6. The number of halogens is 2. The van der Waals surface area contributed by atoms with E-state index in [9.17, 15) is 19.7 Å². The lowest BCUT2D eigenvalue weighted by Crippen LogP contribution is -2.30. The minimum atomic E-state index is -0.847. The van der Waals surface area contributed by atoms with E-state index in [1.54, 1.807) is 0 Å². The SMILES string of the molecule is CC(=O)C1=C(C(N)=O)Nc2cc(Br)c(Br)c([N+](=O)[O-])c2N1. The van der Waals surface area contributed by atoms with Crippen LogP contribution in [0.25, 0.3) is 0 Å². The molecule has 0 saturated carbocycles. The molecular weight excluding hydrogens is 412 g/mol. The van der Waals surface area contributed by atoms with Crippen LogP contribution in [0.2, 0.25) is 0 Å². The molecule has 0 spiro atoms. The molecule has 0 aromatic heterocycles. The van der Waals surface area contributed by atoms with Crippen LogP contribution in [0, 0.1) is 10.1 Å². The largest absolute Gasteiger partial charge is 0.364 e. The average Bonchev–Trinajstić information content (AvgIpc) is 2.38. The Morgan fingerprint density at radius 1 is 1.29 bits per heavy atom. The quantitative estimate of drug-likeness (QED) is 0.509. The van der Waals surface area contributed by atoms with E-state index in [0.717, 1.165) is 0 Å². The molecular formula is C11H8Br2N4O4. The lowest BCUT2D eigenvalue weighted by molar-refractivity contribution is -0.384. The summed E-state index contributed by atoms with van der Waals surface area (Å²) in [6.45, 7) is 1.22. The zero-order valence-corrected chi connectivity index (χ0v) is 13.7. The van der Waals surface area contributed by atoms with E-state index in [4.69, 9.17) is 5.73 Å². The third kappa shape index (κ3) is 2.63. The number of nitrogens with zero attached hydrogens (tertiary/aromatic N) is 1. The second-order valence-corrected chi connectivity index (χ2v) is 5.77. The van der Waals surface area contributed by atoms with Gasteiger partial charge in [-0.15, -0.1) is 0 Å². The van der Waals surface area contributed by atoms with Crippen molar-refractivity contribution in [2.75, 3.05) is 10.6 Å². The van der Waals surface area contributed by atoms with Crippen LogP contribution in [0.4, 0.5) is 17.1 Å². The first-order valence-corrected chi connectivity index (χ1v) is 7.08. The molecule has 1 aromatic rings. The van der Waals surface area contributed by atoms with E-state index in [2.05, 4.69) is 42.5 Å². The van der Waals surface area contributed by atoms with Gasteiger partial charge in [-0.25, -0.2) is 0 Å². The Hall–Kier alpha value is -1.94. The molecule has 0 fully saturated rings. The van der Waals surface area contributed by atoms with E-state index >= 15 is 0 Å². The number of carbonyl (C=O) groups is 2. The number of nitrogens with two attached hydrogens (primary N) is 1. The Balaban J connectivity index is 2.71. The molecule has 1 heterocycles. The van der Waals surface area contributed by atoms with Gasteiger partial charge in [0.05, 0.1) is 10.6 Å². The number of nitrogens with one attached hydrogen (secondary N) is 2. The number of allylic oxidation sites excluding steroid dienone is 1. The third-order valence-electron chi connectivity index (χ3n) is 2.74. The number of primary amides is 1. The Morgan fingerprint density at radius 3 is 2.38 bits per heavy atom. The molecule has 0 aliphatic carbocycles. The average molecular weight is 420 g/mol. The first-order valence-electron chi connectivity index (χ1n) is 5.49. The van der Waals surface area contributed by atoms with Gasteiger partial charge in [0.15, 0.2) is 5.78 Å². The van der Waals surface area contributed by atoms with Gasteiger partial charge in [0.25, 0.3) is 5.91 Å². The Labute approximate surface area is 135 Å². The highest BCUT2D eigenvalue weighted by molar-refractivity contribution is 9.13. The summed E-state index contributed by atoms with van der Waals surface area (Å²) in [6, 6.07) is 1.53. The van der Waals surface area contributed by atoms with Crippen LogP contribution in [0.15, 0.2) is 26.4 Å². The molecule has 110 valence electrons. The van der Waals surface area contributed by atoms with Crippen LogP contribution in [0.5, 0.6) is 0 Å². The van der Waals surface area contributed by atoms with Crippen molar-refractivity contribution >= 4 is 60.6 Å². The topological polar surface area (TPSA) is 127 Å². The van der Waals surface area contributed by atoms with Gasteiger partial charge in [0.1, 0.15) is 21.6 Å². The number of rotatable bonds is 3. The Kier molecular flexibility index (Phi) is 4.01. The first-order chi connectivity index (χ1) is 9.73. The molecule has 1 amide bonds. The highest BCUT2D eigenvalue weighted by Gasteiger charge is 2.32. The second kappa shape index (κ2) is 5.45. The van der Waals surface area contributed by atoms with Crippen molar-refractivity contribution in [3.05, 3.63) is 36.5 Å². The normalized spacial score (nSPS) is 13.1. The van der Waals surface area contributed by atoms with Crippen LogP contribution in [-0.4, -0.2) is 16.6 Å². The van der Waals surface area contributed by atoms with Crippen molar-refractivity contribution in [1.82, 2.24) is 0 Å². The van der Waals surface area contributed by atoms with Gasteiger partial charge in [0, 0.05) is 11.4 Å². The molecule has 0 radical (unpaired) electrons. The highest BCUT2D eigenvalue weighted by atomic mass is 79.9. The number of carbonyl (C=O) groups excluding carboxylic acids is 2. The zero-order chi connectivity index (χ0) is 15.9. The maximum atomic E-state index is 11.6. The number of amides is 1. The summed E-state index contributed by atoms with van der Waals surface area (Å²) in [5, 5.41) is 16.5. The number of benzene rings is 1. The molecule has 4 N–H and O–H groups in total. The smallest absolute Gasteiger partial charge is 0.310 e. The van der Waals surface area contributed by atoms with Crippen LogP contribution in [0.3, 0.4) is 0 Å². The predicted octanol–water partition coefficient (Wildman–Crippen LogP) is 2.24. The summed E-state index contributed by atoms with van der Waals surface area (Å²) in [7, 11) is 0. The number of nitro benzene ring substituents is 1. The van der Waals surface area contributed by atoms with Crippen LogP contribution in [-0.2, 0) is 9.59 Å². The van der Waals surface area contributed by atoms with Crippen LogP contribution < -0.4 is 16.4 Å². The lowest BCUT2D eigenvalue weighted by Gasteiger charge is -2.23. The van der Waals surface area contributed by atoms with Crippen molar-refractivity contribution in [2.24, 2.45) is 5.73 Å². The minimum absolute atomic E-state index is 0.0743. The maximum Gasteiger partial charge on any atom is 0.310 e. The molecule has 21 heavy (non-hydrogen) atoms. The van der Waals surface area contributed by atoms with E-state index in [-0.39, 0.29) is 32.9 Å². The number of anilines is 2. The number of nitro groups is 1. The van der Waals surface area contributed by atoms with Gasteiger partial charge in [-0.1, -0.05) is 0 Å². The molecule has 0 bridgehead atoms. The highest BCUT2D eigenvalue weighted by Crippen LogP contribution is 2.46. The molecule has 0 saturated heterocycles. The fourth-order valence-electron chi connectivity index (χ4n) is 1.84. The summed E-state index contributed by atoms with van der Waals surface area (Å²) in [5.41, 5.74) is 5.02. The Bertz CT molecular complexity index is 729. The fourth-order valence-corrected chi connectivity index (χ4v) is 2.72. The molecule has 0 atom stereocenters. The lowest BCUT2D eigenvalue weighted by atomic mass is 10.1. The Morgan fingerprint density at radius 2 is 1.90 bits per heavy atom. The molecule has 0 unspecified atom stereocenters. The fraction of sp³-hybridized carbons (Fsp3) is 0.0909. The number of fused-ring (bicyclic) bond motifs is 1. The van der Waals surface area contributed by atoms with Gasteiger partial charge in [-0.2, -0.15) is 0 Å². The summed E-state index contributed by atoms with van der Waals surface area (Å²) >= 11 is 6.29. The van der Waals surface area contributed by atoms with Crippen molar-refractivity contribution in [1.29, 1.82) is 0 Å². The number of hydrogen-bond donors (Lipinski definition) is 3. The standard InChI is InChI=1S/C11H8Br2N4O4/c1-3(18)7-9(11(14)19)15-5-2-4(12)6(13)10(17(20)21)8(5)16-7/h2,15-16H,1H3,(H2,14,19). The van der Waals surface area contributed by atoms with Gasteiger partial charge < -0.3 is 16.4 Å². The first kappa shape index (κ1) is 15.4. The van der Waals surface area contributed by atoms with E-state index in [1.165, 1.54) is 13.0 Å². The molecule has 1 aliphatic heterocycles. The minimum Gasteiger partial charge on any atom is -0.364 e. The number of hydrogen-bond acceptors (Lipinski definition) is 6. The monoisotopic (exact) mass is 418 g/mol. The van der Waals surface area contributed by atoms with Crippen molar-refractivity contribution in [3.8, 4) is 0 Å². The predicted molar refractivity (Wildman–Crippen MR) is 82.6 cm³/mol. The number of Topliss-reactive ketones (excluding diaryl/α,β-unsaturated/α-hetero) is 1. The summed E-state index contributed by atoms with van der Waals surface area (Å²) < 4.78 is 0.628. The van der Waals surface area contributed by atoms with Gasteiger partial charge >= 0.3 is 5.69 Å². The molecule has 8 nitrogen and oxygen atoms in total. The van der Waals surface area contributed by atoms with Crippen molar-refractivity contribution in [3.63, 3.8) is 0 Å². The summed E-state index contributed by atoms with van der Waals surface area (Å²) in [6.07, 6.45) is 0. The molecule has 1 aromatic carbocycles. The van der Waals surface area contributed by atoms with Crippen molar-refractivity contribution in [2.45, 2.75) is 6.92 Å². The third-order valence-corrected chi connectivity index (χ3v) is 4.70. The van der Waals surface area contributed by atoms with Gasteiger partial charge in [-0.3, -0.25) is 19.7 Å². The zero-order valence-electron chi connectivity index (χ0n) is 10.5. The van der Waals surface area contributed by atoms with Crippen LogP contribution in [0.1, 0.15) is 6.92 Å². The molecule has 1 aliphatic rings. The second-order valence-electron chi connectivity index (χ2n) is 4.12. The van der Waals surface area contributed by atoms with Gasteiger partial charge in [0.2, 0.25) is 0 Å². The summed E-state index contributed by atoms with van der Waals surface area (Å²) in [4.78, 5) is 33.6. The molecule has 10 heteroatoms. The summed E-state index contributed by atoms with van der Waals surface area (Å²) in [5.74, 6) is -1.32. The number of ketones is 1. The van der Waals surface area contributed by atoms with Crippen molar-refractivity contribution < 1.29 is 14.5 Å². The van der Waals surface area contributed by atoms with E-state index in [0.29, 0.717) is 4.47 Å². The van der Waals surface area contributed by atoms with Gasteiger partial charge in [-0.05, 0) is 37.9 Å². The van der Waals surface area contributed by atoms with E-state index < -0.39 is 16.6 Å². The van der Waals surface area contributed by atoms with Crippen LogP contribution >= 0.6 is 31.9 Å². The molecule has 2 rings (SSSR count).